The molecule has 0 bridgehead atoms. The van der Waals surface area contributed by atoms with E-state index in [2.05, 4.69) is 26.2 Å². The van der Waals surface area contributed by atoms with Crippen LogP contribution in [0, 0.1) is 5.82 Å². The maximum absolute atomic E-state index is 12.9. The number of halogens is 2. The summed E-state index contributed by atoms with van der Waals surface area (Å²) in [6.07, 6.45) is 1.55. The van der Waals surface area contributed by atoms with Gasteiger partial charge in [0.25, 0.3) is 5.91 Å². The van der Waals surface area contributed by atoms with Crippen LogP contribution in [0.1, 0.15) is 16.1 Å². The van der Waals surface area contributed by atoms with Gasteiger partial charge in [-0.1, -0.05) is 12.1 Å². The van der Waals surface area contributed by atoms with Gasteiger partial charge >= 0.3 is 0 Å². The Labute approximate surface area is 112 Å². The van der Waals surface area contributed by atoms with Crippen LogP contribution in [0.3, 0.4) is 0 Å². The third kappa shape index (κ3) is 3.37. The molecule has 0 saturated carbocycles. The first-order valence-corrected chi connectivity index (χ1v) is 6.08. The van der Waals surface area contributed by atoms with Gasteiger partial charge in [0.05, 0.1) is 0 Å². The highest BCUT2D eigenvalue weighted by molar-refractivity contribution is 9.10. The van der Waals surface area contributed by atoms with Crippen LogP contribution >= 0.6 is 15.9 Å². The van der Waals surface area contributed by atoms with Crippen LogP contribution in [0.4, 0.5) is 4.39 Å². The lowest BCUT2D eigenvalue weighted by Crippen LogP contribution is -2.23. The summed E-state index contributed by atoms with van der Waals surface area (Å²) in [6.45, 7) is 0.272. The molecule has 0 radical (unpaired) electrons. The van der Waals surface area contributed by atoms with Crippen LogP contribution in [0.25, 0.3) is 0 Å². The summed E-state index contributed by atoms with van der Waals surface area (Å²) in [6, 6.07) is 9.46. The zero-order valence-electron chi connectivity index (χ0n) is 9.36. The third-order valence-electron chi connectivity index (χ3n) is 2.30. The SMILES string of the molecule is O=C(NCc1cccc(F)c1)c1ccc(Br)cn1. The predicted octanol–water partition coefficient (Wildman–Crippen LogP) is 2.91. The van der Waals surface area contributed by atoms with E-state index in [0.29, 0.717) is 11.3 Å². The van der Waals surface area contributed by atoms with Crippen molar-refractivity contribution in [3.8, 4) is 0 Å². The normalized spacial score (nSPS) is 10.1. The summed E-state index contributed by atoms with van der Waals surface area (Å²) in [4.78, 5) is 15.7. The number of aromatic nitrogens is 1. The monoisotopic (exact) mass is 308 g/mol. The quantitative estimate of drug-likeness (QED) is 0.947. The Morgan fingerprint density at radius 2 is 2.17 bits per heavy atom. The van der Waals surface area contributed by atoms with Crippen molar-refractivity contribution < 1.29 is 9.18 Å². The maximum Gasteiger partial charge on any atom is 0.270 e. The maximum atomic E-state index is 12.9. The van der Waals surface area contributed by atoms with E-state index in [1.165, 1.54) is 12.1 Å². The first-order chi connectivity index (χ1) is 8.65. The van der Waals surface area contributed by atoms with E-state index in [-0.39, 0.29) is 18.3 Å². The second-order valence-corrected chi connectivity index (χ2v) is 4.59. The highest BCUT2D eigenvalue weighted by Gasteiger charge is 2.06. The van der Waals surface area contributed by atoms with Crippen molar-refractivity contribution >= 4 is 21.8 Å². The number of nitrogens with one attached hydrogen (secondary N) is 1. The molecule has 0 spiro atoms. The summed E-state index contributed by atoms with van der Waals surface area (Å²) in [5, 5.41) is 2.68. The minimum absolute atomic E-state index is 0.272. The van der Waals surface area contributed by atoms with Crippen LogP contribution < -0.4 is 5.32 Å². The van der Waals surface area contributed by atoms with Crippen LogP contribution in [-0.4, -0.2) is 10.9 Å². The van der Waals surface area contributed by atoms with Gasteiger partial charge in [0, 0.05) is 17.2 Å². The van der Waals surface area contributed by atoms with Crippen molar-refractivity contribution in [2.45, 2.75) is 6.54 Å². The van der Waals surface area contributed by atoms with Crippen molar-refractivity contribution in [1.29, 1.82) is 0 Å². The highest BCUT2D eigenvalue weighted by atomic mass is 79.9. The molecule has 92 valence electrons. The van der Waals surface area contributed by atoms with Crippen LogP contribution in [0.15, 0.2) is 47.1 Å². The summed E-state index contributed by atoms with van der Waals surface area (Å²) in [5.74, 6) is -0.602. The number of hydrogen-bond donors (Lipinski definition) is 1. The molecule has 5 heteroatoms. The molecule has 1 N–H and O–H groups in total. The molecule has 0 atom stereocenters. The van der Waals surface area contributed by atoms with E-state index in [1.807, 2.05) is 0 Å². The molecule has 1 amide bonds. The smallest absolute Gasteiger partial charge is 0.270 e. The van der Waals surface area contributed by atoms with Crippen molar-refractivity contribution in [3.63, 3.8) is 0 Å². The molecule has 18 heavy (non-hydrogen) atoms. The van der Waals surface area contributed by atoms with E-state index >= 15 is 0 Å². The van der Waals surface area contributed by atoms with Gasteiger partial charge in [-0.05, 0) is 45.8 Å². The zero-order chi connectivity index (χ0) is 13.0. The lowest BCUT2D eigenvalue weighted by atomic mass is 10.2. The van der Waals surface area contributed by atoms with Gasteiger partial charge in [-0.15, -0.1) is 0 Å². The molecule has 0 saturated heterocycles. The van der Waals surface area contributed by atoms with Crippen molar-refractivity contribution in [1.82, 2.24) is 10.3 Å². The first kappa shape index (κ1) is 12.7. The Morgan fingerprint density at radius 3 is 2.83 bits per heavy atom. The summed E-state index contributed by atoms with van der Waals surface area (Å²) in [7, 11) is 0. The number of hydrogen-bond acceptors (Lipinski definition) is 2. The van der Waals surface area contributed by atoms with Crippen LogP contribution in [0.2, 0.25) is 0 Å². The number of carbonyl (C=O) groups excluding carboxylic acids is 1. The minimum Gasteiger partial charge on any atom is -0.347 e. The number of carbonyl (C=O) groups is 1. The predicted molar refractivity (Wildman–Crippen MR) is 69.5 cm³/mol. The molecule has 2 aromatic rings. The molecule has 1 aromatic carbocycles. The topological polar surface area (TPSA) is 42.0 Å². The van der Waals surface area contributed by atoms with Crippen LogP contribution in [-0.2, 0) is 6.54 Å². The standard InChI is InChI=1S/C13H10BrFN2O/c14-10-4-5-12(16-8-10)13(18)17-7-9-2-1-3-11(15)6-9/h1-6,8H,7H2,(H,17,18). The van der Waals surface area contributed by atoms with Crippen molar-refractivity contribution in [2.75, 3.05) is 0 Å². The van der Waals surface area contributed by atoms with Gasteiger partial charge in [-0.2, -0.15) is 0 Å². The number of rotatable bonds is 3. The molecular formula is C13H10BrFN2O. The number of nitrogens with zero attached hydrogens (tertiary/aromatic N) is 1. The zero-order valence-corrected chi connectivity index (χ0v) is 10.9. The number of benzene rings is 1. The molecular weight excluding hydrogens is 299 g/mol. The summed E-state index contributed by atoms with van der Waals surface area (Å²) in [5.41, 5.74) is 1.04. The Bertz CT molecular complexity index is 557. The second kappa shape index (κ2) is 5.73. The van der Waals surface area contributed by atoms with E-state index in [4.69, 9.17) is 0 Å². The van der Waals surface area contributed by atoms with E-state index in [9.17, 15) is 9.18 Å². The average Bonchev–Trinajstić information content (AvgIpc) is 2.37. The van der Waals surface area contributed by atoms with Gasteiger partial charge < -0.3 is 5.32 Å². The largest absolute Gasteiger partial charge is 0.347 e. The fourth-order valence-electron chi connectivity index (χ4n) is 1.43. The van der Waals surface area contributed by atoms with Gasteiger partial charge in [-0.25, -0.2) is 9.37 Å². The average molecular weight is 309 g/mol. The van der Waals surface area contributed by atoms with Crippen molar-refractivity contribution in [2.24, 2.45) is 0 Å². The van der Waals surface area contributed by atoms with Gasteiger partial charge in [0.15, 0.2) is 0 Å². The lowest BCUT2D eigenvalue weighted by Gasteiger charge is -2.05. The summed E-state index contributed by atoms with van der Waals surface area (Å²) >= 11 is 3.24. The molecule has 1 aromatic heterocycles. The van der Waals surface area contributed by atoms with E-state index in [0.717, 1.165) is 4.47 Å². The molecule has 0 aliphatic carbocycles. The molecule has 2 rings (SSSR count). The van der Waals surface area contributed by atoms with Gasteiger partial charge in [0.2, 0.25) is 0 Å². The molecule has 0 aliphatic heterocycles. The Kier molecular flexibility index (Phi) is 4.04. The minimum atomic E-state index is -0.316. The second-order valence-electron chi connectivity index (χ2n) is 3.67. The molecule has 0 unspecified atom stereocenters. The van der Waals surface area contributed by atoms with Gasteiger partial charge in [0.1, 0.15) is 11.5 Å². The van der Waals surface area contributed by atoms with Crippen LogP contribution in [0.5, 0.6) is 0 Å². The summed E-state index contributed by atoms with van der Waals surface area (Å²) < 4.78 is 13.7. The Hall–Kier alpha value is -1.75. The van der Waals surface area contributed by atoms with E-state index < -0.39 is 0 Å². The van der Waals surface area contributed by atoms with Crippen molar-refractivity contribution in [3.05, 3.63) is 64.1 Å². The lowest BCUT2D eigenvalue weighted by molar-refractivity contribution is 0.0946. The number of pyridine rings is 1. The number of amides is 1. The Morgan fingerprint density at radius 1 is 1.33 bits per heavy atom. The van der Waals surface area contributed by atoms with E-state index in [1.54, 1.807) is 30.5 Å². The fraction of sp³-hybridized carbons (Fsp3) is 0.0769. The fourth-order valence-corrected chi connectivity index (χ4v) is 1.66. The van der Waals surface area contributed by atoms with Gasteiger partial charge in [-0.3, -0.25) is 4.79 Å². The molecule has 3 nitrogen and oxygen atoms in total. The Balaban J connectivity index is 1.98. The molecule has 1 heterocycles. The first-order valence-electron chi connectivity index (χ1n) is 5.29. The third-order valence-corrected chi connectivity index (χ3v) is 2.77. The highest BCUT2D eigenvalue weighted by Crippen LogP contribution is 2.08. The molecule has 0 fully saturated rings. The molecule has 0 aliphatic rings.